The average molecular weight is 408 g/mol. The van der Waals surface area contributed by atoms with Crippen LogP contribution in [0.2, 0.25) is 0 Å². The minimum atomic E-state index is 0.812. The highest BCUT2D eigenvalue weighted by atomic mass is 16.5. The molecule has 30 heavy (non-hydrogen) atoms. The van der Waals surface area contributed by atoms with Crippen molar-refractivity contribution in [3.8, 4) is 17.0 Å². The SMILES string of the molecule is CCCCCCOc1ccc(-c2ccc(CCC3CCCC(CCC)C3)cn2)cc1. The average Bonchev–Trinajstić information content (AvgIpc) is 2.79. The van der Waals surface area contributed by atoms with Gasteiger partial charge in [-0.25, -0.2) is 0 Å². The Bertz CT molecular complexity index is 704. The molecule has 0 spiro atoms. The number of nitrogens with zero attached hydrogens (tertiary/aromatic N) is 1. The summed E-state index contributed by atoms with van der Waals surface area (Å²) in [7, 11) is 0. The van der Waals surface area contributed by atoms with E-state index in [1.165, 1.54) is 76.2 Å². The molecule has 0 N–H and O–H groups in total. The van der Waals surface area contributed by atoms with Gasteiger partial charge in [0.1, 0.15) is 5.75 Å². The lowest BCUT2D eigenvalue weighted by Crippen LogP contribution is -2.16. The van der Waals surface area contributed by atoms with E-state index in [0.29, 0.717) is 0 Å². The van der Waals surface area contributed by atoms with Gasteiger partial charge in [0.25, 0.3) is 0 Å². The van der Waals surface area contributed by atoms with E-state index in [1.807, 2.05) is 0 Å². The van der Waals surface area contributed by atoms with Crippen LogP contribution in [-0.4, -0.2) is 11.6 Å². The Morgan fingerprint density at radius 1 is 0.867 bits per heavy atom. The number of aryl methyl sites for hydroxylation is 1. The number of hydrogen-bond donors (Lipinski definition) is 0. The molecule has 1 heterocycles. The van der Waals surface area contributed by atoms with E-state index in [1.54, 1.807) is 0 Å². The number of ether oxygens (including phenoxy) is 1. The molecule has 164 valence electrons. The zero-order valence-electron chi connectivity index (χ0n) is 19.2. The third-order valence-electron chi connectivity index (χ3n) is 6.67. The summed E-state index contributed by atoms with van der Waals surface area (Å²) < 4.78 is 5.85. The van der Waals surface area contributed by atoms with Crippen molar-refractivity contribution in [1.29, 1.82) is 0 Å². The maximum Gasteiger partial charge on any atom is 0.119 e. The summed E-state index contributed by atoms with van der Waals surface area (Å²) in [5.41, 5.74) is 3.59. The topological polar surface area (TPSA) is 22.1 Å². The maximum atomic E-state index is 5.85. The largest absolute Gasteiger partial charge is 0.494 e. The first-order valence-corrected chi connectivity index (χ1v) is 12.5. The summed E-state index contributed by atoms with van der Waals surface area (Å²) in [5, 5.41) is 0. The Labute approximate surface area is 184 Å². The summed E-state index contributed by atoms with van der Waals surface area (Å²) in [6.45, 7) is 5.37. The van der Waals surface area contributed by atoms with Crippen LogP contribution >= 0.6 is 0 Å². The Morgan fingerprint density at radius 2 is 1.67 bits per heavy atom. The Morgan fingerprint density at radius 3 is 2.37 bits per heavy atom. The highest BCUT2D eigenvalue weighted by molar-refractivity contribution is 5.60. The molecule has 1 aromatic carbocycles. The number of pyridine rings is 1. The molecule has 2 aromatic rings. The van der Waals surface area contributed by atoms with Crippen molar-refractivity contribution < 1.29 is 4.74 Å². The van der Waals surface area contributed by atoms with E-state index >= 15 is 0 Å². The molecule has 1 aromatic heterocycles. The number of aromatic nitrogens is 1. The first-order valence-electron chi connectivity index (χ1n) is 12.5. The van der Waals surface area contributed by atoms with E-state index in [-0.39, 0.29) is 0 Å². The van der Waals surface area contributed by atoms with Crippen LogP contribution < -0.4 is 4.74 Å². The van der Waals surface area contributed by atoms with E-state index in [2.05, 4.69) is 56.4 Å². The van der Waals surface area contributed by atoms with Gasteiger partial charge in [-0.15, -0.1) is 0 Å². The second-order valence-corrected chi connectivity index (χ2v) is 9.21. The van der Waals surface area contributed by atoms with Gasteiger partial charge in [-0.3, -0.25) is 4.98 Å². The highest BCUT2D eigenvalue weighted by Crippen LogP contribution is 2.34. The zero-order chi connectivity index (χ0) is 21.0. The Balaban J connectivity index is 1.44. The lowest BCUT2D eigenvalue weighted by molar-refractivity contribution is 0.243. The molecule has 0 aliphatic heterocycles. The molecule has 0 radical (unpaired) electrons. The van der Waals surface area contributed by atoms with Crippen LogP contribution in [0.25, 0.3) is 11.3 Å². The fourth-order valence-corrected chi connectivity index (χ4v) is 4.89. The van der Waals surface area contributed by atoms with Gasteiger partial charge in [0.05, 0.1) is 12.3 Å². The minimum absolute atomic E-state index is 0.812. The Hall–Kier alpha value is -1.83. The Kier molecular flexibility index (Phi) is 9.73. The fourth-order valence-electron chi connectivity index (χ4n) is 4.89. The van der Waals surface area contributed by atoms with Crippen molar-refractivity contribution in [2.75, 3.05) is 6.61 Å². The summed E-state index contributed by atoms with van der Waals surface area (Å²) in [4.78, 5) is 4.74. The van der Waals surface area contributed by atoms with Gasteiger partial charge in [-0.05, 0) is 73.4 Å². The summed E-state index contributed by atoms with van der Waals surface area (Å²) in [6.07, 6.45) is 18.1. The van der Waals surface area contributed by atoms with Crippen molar-refractivity contribution in [2.45, 2.75) is 90.9 Å². The number of unbranched alkanes of at least 4 members (excludes halogenated alkanes) is 3. The number of hydrogen-bond acceptors (Lipinski definition) is 2. The maximum absolute atomic E-state index is 5.85. The van der Waals surface area contributed by atoms with Crippen LogP contribution in [0, 0.1) is 11.8 Å². The molecule has 1 aliphatic carbocycles. The zero-order valence-corrected chi connectivity index (χ0v) is 19.2. The van der Waals surface area contributed by atoms with Crippen LogP contribution in [0.1, 0.15) is 90.0 Å². The van der Waals surface area contributed by atoms with Crippen molar-refractivity contribution in [1.82, 2.24) is 4.98 Å². The molecule has 2 unspecified atom stereocenters. The predicted molar refractivity (Wildman–Crippen MR) is 128 cm³/mol. The molecular formula is C28H41NO. The third kappa shape index (κ3) is 7.45. The first-order chi connectivity index (χ1) is 14.8. The second-order valence-electron chi connectivity index (χ2n) is 9.21. The molecule has 2 nitrogen and oxygen atoms in total. The molecule has 1 fully saturated rings. The van der Waals surface area contributed by atoms with Crippen LogP contribution in [0.3, 0.4) is 0 Å². The third-order valence-corrected chi connectivity index (χ3v) is 6.67. The smallest absolute Gasteiger partial charge is 0.119 e. The summed E-state index contributed by atoms with van der Waals surface area (Å²) >= 11 is 0. The number of rotatable bonds is 12. The van der Waals surface area contributed by atoms with E-state index in [9.17, 15) is 0 Å². The van der Waals surface area contributed by atoms with Crippen molar-refractivity contribution in [3.05, 3.63) is 48.2 Å². The molecule has 1 aliphatic rings. The predicted octanol–water partition coefficient (Wildman–Crippen LogP) is 8.25. The second kappa shape index (κ2) is 12.8. The molecule has 3 rings (SSSR count). The van der Waals surface area contributed by atoms with Gasteiger partial charge in [0.15, 0.2) is 0 Å². The van der Waals surface area contributed by atoms with E-state index in [0.717, 1.165) is 41.9 Å². The van der Waals surface area contributed by atoms with Crippen LogP contribution in [0.4, 0.5) is 0 Å². The fraction of sp³-hybridized carbons (Fsp3) is 0.607. The van der Waals surface area contributed by atoms with Crippen molar-refractivity contribution in [3.63, 3.8) is 0 Å². The summed E-state index contributed by atoms with van der Waals surface area (Å²) in [6, 6.07) is 12.8. The monoisotopic (exact) mass is 407 g/mol. The van der Waals surface area contributed by atoms with Crippen molar-refractivity contribution >= 4 is 0 Å². The van der Waals surface area contributed by atoms with Gasteiger partial charge in [0.2, 0.25) is 0 Å². The normalized spacial score (nSPS) is 19.0. The molecule has 1 saturated carbocycles. The van der Waals surface area contributed by atoms with E-state index in [4.69, 9.17) is 9.72 Å². The van der Waals surface area contributed by atoms with Gasteiger partial charge < -0.3 is 4.74 Å². The van der Waals surface area contributed by atoms with Gasteiger partial charge in [-0.1, -0.05) is 71.3 Å². The summed E-state index contributed by atoms with van der Waals surface area (Å²) in [5.74, 6) is 2.86. The molecule has 0 saturated heterocycles. The lowest BCUT2D eigenvalue weighted by Gasteiger charge is -2.29. The van der Waals surface area contributed by atoms with Crippen LogP contribution in [0.5, 0.6) is 5.75 Å². The first kappa shape index (κ1) is 22.8. The quantitative estimate of drug-likeness (QED) is 0.330. The minimum Gasteiger partial charge on any atom is -0.494 e. The number of benzene rings is 1. The van der Waals surface area contributed by atoms with Crippen LogP contribution in [-0.2, 0) is 6.42 Å². The van der Waals surface area contributed by atoms with Gasteiger partial charge >= 0.3 is 0 Å². The van der Waals surface area contributed by atoms with Gasteiger partial charge in [-0.2, -0.15) is 0 Å². The molecule has 0 bridgehead atoms. The molecule has 0 amide bonds. The standard InChI is InChI=1S/C28H41NO/c1-3-5-6-7-20-30-27-17-15-26(16-18-27)28-19-14-25(22-29-28)13-12-24-11-8-10-23(21-24)9-4-2/h14-19,22-24H,3-13,20-21H2,1-2H3. The molecule has 2 heteroatoms. The highest BCUT2D eigenvalue weighted by Gasteiger charge is 2.21. The molecule has 2 atom stereocenters. The lowest BCUT2D eigenvalue weighted by atomic mass is 9.77. The van der Waals surface area contributed by atoms with Gasteiger partial charge in [0, 0.05) is 11.8 Å². The van der Waals surface area contributed by atoms with E-state index < -0.39 is 0 Å². The van der Waals surface area contributed by atoms with Crippen LogP contribution in [0.15, 0.2) is 42.6 Å². The van der Waals surface area contributed by atoms with Crippen molar-refractivity contribution in [2.24, 2.45) is 11.8 Å². The molecular weight excluding hydrogens is 366 g/mol.